The number of carbonyl (C=O) groups is 1. The Bertz CT molecular complexity index is 1390. The molecule has 2 aliphatic heterocycles. The summed E-state index contributed by atoms with van der Waals surface area (Å²) in [5.74, 6) is -0.223. The number of hydrogen-bond acceptors (Lipinski definition) is 6. The number of fused-ring (bicyclic) bond motifs is 1. The summed E-state index contributed by atoms with van der Waals surface area (Å²) in [6, 6.07) is 23.5. The van der Waals surface area contributed by atoms with Gasteiger partial charge in [0.2, 0.25) is 0 Å². The van der Waals surface area contributed by atoms with Gasteiger partial charge in [-0.2, -0.15) is 0 Å². The molecule has 1 amide bonds. The molecular formula is C32H38N3O4P. The van der Waals surface area contributed by atoms with Crippen molar-refractivity contribution in [1.82, 2.24) is 4.90 Å². The molecule has 0 aliphatic carbocycles. The smallest absolute Gasteiger partial charge is 0.354 e. The SMILES string of the molecule is CCOP(=O)(OCC)c1ccc2c(c1)/C(=C(/Nc1ccc(CN3CCCCCC3)cc1)c1ccccc1)C(=O)N2. The first kappa shape index (κ1) is 28.3. The summed E-state index contributed by atoms with van der Waals surface area (Å²) in [6.45, 7) is 7.32. The summed E-state index contributed by atoms with van der Waals surface area (Å²) in [4.78, 5) is 15.9. The van der Waals surface area contributed by atoms with Crippen LogP contribution in [-0.2, 0) is 25.0 Å². The Kier molecular flexibility index (Phi) is 9.18. The van der Waals surface area contributed by atoms with Crippen molar-refractivity contribution in [2.45, 2.75) is 46.1 Å². The van der Waals surface area contributed by atoms with Gasteiger partial charge in [-0.25, -0.2) is 0 Å². The van der Waals surface area contributed by atoms with Crippen LogP contribution in [0.3, 0.4) is 0 Å². The van der Waals surface area contributed by atoms with E-state index in [1.165, 1.54) is 31.2 Å². The van der Waals surface area contributed by atoms with Gasteiger partial charge in [0, 0.05) is 23.5 Å². The summed E-state index contributed by atoms with van der Waals surface area (Å²) in [7, 11) is -3.53. The second-order valence-corrected chi connectivity index (χ2v) is 12.2. The standard InChI is InChI=1S/C32H38N3O4P/c1-3-38-40(37,39-4-2)27-18-19-29-28(22-27)30(32(36)34-29)31(25-12-8-7-9-13-25)33-26-16-14-24(15-17-26)23-35-20-10-5-6-11-21-35/h7-9,12-19,22,33H,3-6,10-11,20-21,23H2,1-2H3,(H,34,36)/b31-30-. The Morgan fingerprint density at radius 1 is 0.900 bits per heavy atom. The zero-order valence-corrected chi connectivity index (χ0v) is 24.2. The van der Waals surface area contributed by atoms with Crippen LogP contribution in [0.1, 0.15) is 56.2 Å². The van der Waals surface area contributed by atoms with E-state index in [1.54, 1.807) is 32.0 Å². The summed E-state index contributed by atoms with van der Waals surface area (Å²) in [5, 5.41) is 6.93. The maximum absolute atomic E-state index is 13.5. The average molecular weight is 560 g/mol. The van der Waals surface area contributed by atoms with Crippen molar-refractivity contribution in [3.8, 4) is 0 Å². The Morgan fingerprint density at radius 3 is 2.23 bits per heavy atom. The van der Waals surface area contributed by atoms with Gasteiger partial charge in [-0.05, 0) is 81.2 Å². The molecule has 40 heavy (non-hydrogen) atoms. The lowest BCUT2D eigenvalue weighted by Gasteiger charge is -2.20. The molecule has 210 valence electrons. The van der Waals surface area contributed by atoms with Crippen LogP contribution in [0, 0.1) is 0 Å². The molecule has 0 aromatic heterocycles. The first-order valence-corrected chi connectivity index (χ1v) is 15.8. The van der Waals surface area contributed by atoms with Crippen LogP contribution in [0.4, 0.5) is 11.4 Å². The zero-order chi connectivity index (χ0) is 28.0. The van der Waals surface area contributed by atoms with Gasteiger partial charge < -0.3 is 19.7 Å². The molecule has 0 spiro atoms. The van der Waals surface area contributed by atoms with Crippen LogP contribution in [0.25, 0.3) is 11.3 Å². The third kappa shape index (κ3) is 6.39. The van der Waals surface area contributed by atoms with Crippen molar-refractivity contribution in [3.63, 3.8) is 0 Å². The minimum atomic E-state index is -3.53. The van der Waals surface area contributed by atoms with Crippen LogP contribution in [0.5, 0.6) is 0 Å². The lowest BCUT2D eigenvalue weighted by atomic mass is 10.00. The van der Waals surface area contributed by atoms with Gasteiger partial charge in [-0.3, -0.25) is 14.3 Å². The quantitative estimate of drug-likeness (QED) is 0.208. The molecule has 3 aromatic rings. The van der Waals surface area contributed by atoms with Gasteiger partial charge >= 0.3 is 7.60 Å². The molecule has 7 nitrogen and oxygen atoms in total. The normalized spacial score (nSPS) is 17.2. The van der Waals surface area contributed by atoms with E-state index in [-0.39, 0.29) is 19.1 Å². The van der Waals surface area contributed by atoms with Crippen LogP contribution in [-0.4, -0.2) is 37.1 Å². The molecule has 2 heterocycles. The number of anilines is 2. The van der Waals surface area contributed by atoms with Crippen molar-refractivity contribution < 1.29 is 18.4 Å². The number of carbonyl (C=O) groups excluding carboxylic acids is 1. The monoisotopic (exact) mass is 559 g/mol. The third-order valence-corrected chi connectivity index (χ3v) is 9.41. The third-order valence-electron chi connectivity index (χ3n) is 7.30. The lowest BCUT2D eigenvalue weighted by molar-refractivity contribution is -0.110. The molecule has 8 heteroatoms. The molecular weight excluding hydrogens is 521 g/mol. The predicted octanol–water partition coefficient (Wildman–Crippen LogP) is 6.89. The topological polar surface area (TPSA) is 79.9 Å². The first-order chi connectivity index (χ1) is 19.5. The number of amides is 1. The molecule has 5 rings (SSSR count). The Labute approximate surface area is 237 Å². The maximum atomic E-state index is 13.5. The van der Waals surface area contributed by atoms with E-state index in [1.807, 2.05) is 30.3 Å². The number of nitrogens with one attached hydrogen (secondary N) is 2. The van der Waals surface area contributed by atoms with Crippen molar-refractivity contribution >= 4 is 41.5 Å². The molecule has 0 atom stereocenters. The molecule has 1 saturated heterocycles. The van der Waals surface area contributed by atoms with Crippen molar-refractivity contribution in [2.75, 3.05) is 36.9 Å². The fraction of sp³-hybridized carbons (Fsp3) is 0.344. The second kappa shape index (κ2) is 13.0. The molecule has 2 aliphatic rings. The number of likely N-dealkylation sites (tertiary alicyclic amines) is 1. The number of benzene rings is 3. The molecule has 0 unspecified atom stereocenters. The molecule has 2 N–H and O–H groups in total. The summed E-state index contributed by atoms with van der Waals surface area (Å²) < 4.78 is 24.7. The number of nitrogens with zero attached hydrogens (tertiary/aromatic N) is 1. The van der Waals surface area contributed by atoms with Gasteiger partial charge in [0.05, 0.1) is 29.8 Å². The second-order valence-electron chi connectivity index (χ2n) is 10.1. The minimum Gasteiger partial charge on any atom is -0.354 e. The van der Waals surface area contributed by atoms with Gasteiger partial charge in [-0.15, -0.1) is 0 Å². The summed E-state index contributed by atoms with van der Waals surface area (Å²) in [6.07, 6.45) is 5.18. The number of hydrogen-bond donors (Lipinski definition) is 2. The van der Waals surface area contributed by atoms with Crippen molar-refractivity contribution in [3.05, 3.63) is 89.5 Å². The van der Waals surface area contributed by atoms with Crippen LogP contribution in [0.15, 0.2) is 72.8 Å². The highest BCUT2D eigenvalue weighted by atomic mass is 31.2. The molecule has 0 bridgehead atoms. The first-order valence-electron chi connectivity index (χ1n) is 14.2. The largest absolute Gasteiger partial charge is 0.361 e. The molecule has 3 aromatic carbocycles. The average Bonchev–Trinajstić information content (AvgIpc) is 3.10. The van der Waals surface area contributed by atoms with Crippen LogP contribution >= 0.6 is 7.60 Å². The maximum Gasteiger partial charge on any atom is 0.361 e. The highest BCUT2D eigenvalue weighted by Gasteiger charge is 2.33. The minimum absolute atomic E-state index is 0.223. The van der Waals surface area contributed by atoms with Crippen molar-refractivity contribution in [2.24, 2.45) is 0 Å². The van der Waals surface area contributed by atoms with Crippen LogP contribution < -0.4 is 15.9 Å². The van der Waals surface area contributed by atoms with Gasteiger partial charge in [0.25, 0.3) is 5.91 Å². The summed E-state index contributed by atoms with van der Waals surface area (Å²) >= 11 is 0. The Balaban J connectivity index is 1.50. The van der Waals surface area contributed by atoms with E-state index >= 15 is 0 Å². The van der Waals surface area contributed by atoms with E-state index in [0.29, 0.717) is 27.8 Å². The van der Waals surface area contributed by atoms with Gasteiger partial charge in [-0.1, -0.05) is 55.3 Å². The molecule has 1 fully saturated rings. The highest BCUT2D eigenvalue weighted by Crippen LogP contribution is 2.48. The molecule has 0 saturated carbocycles. The Morgan fingerprint density at radius 2 is 1.57 bits per heavy atom. The fourth-order valence-electron chi connectivity index (χ4n) is 5.37. The summed E-state index contributed by atoms with van der Waals surface area (Å²) in [5.41, 5.74) is 5.51. The lowest BCUT2D eigenvalue weighted by Crippen LogP contribution is -2.23. The van der Waals surface area contributed by atoms with E-state index < -0.39 is 7.60 Å². The van der Waals surface area contributed by atoms with Crippen molar-refractivity contribution in [1.29, 1.82) is 0 Å². The predicted molar refractivity (Wildman–Crippen MR) is 163 cm³/mol. The van der Waals surface area contributed by atoms with E-state index in [0.717, 1.165) is 30.9 Å². The van der Waals surface area contributed by atoms with Crippen LogP contribution in [0.2, 0.25) is 0 Å². The Hall–Kier alpha value is -3.22. The van der Waals surface area contributed by atoms with Gasteiger partial charge in [0.15, 0.2) is 0 Å². The van der Waals surface area contributed by atoms with E-state index in [2.05, 4.69) is 39.8 Å². The number of rotatable bonds is 10. The fourth-order valence-corrected chi connectivity index (χ4v) is 6.97. The van der Waals surface area contributed by atoms with E-state index in [4.69, 9.17) is 9.05 Å². The highest BCUT2D eigenvalue weighted by molar-refractivity contribution is 7.62. The molecule has 0 radical (unpaired) electrons. The zero-order valence-electron chi connectivity index (χ0n) is 23.3. The van der Waals surface area contributed by atoms with E-state index in [9.17, 15) is 9.36 Å². The van der Waals surface area contributed by atoms with Gasteiger partial charge in [0.1, 0.15) is 0 Å².